The zero-order chi connectivity index (χ0) is 17.4. The van der Waals surface area contributed by atoms with Crippen LogP contribution in [0.25, 0.3) is 0 Å². The second kappa shape index (κ2) is 6.50. The third kappa shape index (κ3) is 3.13. The Morgan fingerprint density at radius 3 is 2.80 bits per heavy atom. The number of amides is 1. The second-order valence-corrected chi connectivity index (χ2v) is 7.31. The Kier molecular flexibility index (Phi) is 4.19. The van der Waals surface area contributed by atoms with E-state index in [2.05, 4.69) is 21.2 Å². The molecule has 0 spiro atoms. The van der Waals surface area contributed by atoms with Gasteiger partial charge < -0.3 is 14.2 Å². The van der Waals surface area contributed by atoms with Gasteiger partial charge in [0.2, 0.25) is 0 Å². The zero-order valence-electron chi connectivity index (χ0n) is 14.8. The highest BCUT2D eigenvalue weighted by atomic mass is 16.3. The fourth-order valence-electron chi connectivity index (χ4n) is 4.28. The molecule has 25 heavy (non-hydrogen) atoms. The van der Waals surface area contributed by atoms with E-state index in [1.165, 1.54) is 0 Å². The maximum Gasteiger partial charge on any atom is 0.289 e. The molecule has 4 rings (SSSR count). The molecule has 2 aliphatic rings. The standard InChI is InChI=1S/C19H24N4O2/c1-13-5-6-18(21-20-13)23-8-7-14-10-16(11-15(14)12-23)22(2)19(24)17-4-3-9-25-17/h3-6,9,14-16H,7-8,10-12H2,1-2H3/t14-,15-,16+/m1/s1. The molecule has 6 nitrogen and oxygen atoms in total. The van der Waals surface area contributed by atoms with E-state index >= 15 is 0 Å². The van der Waals surface area contributed by atoms with E-state index in [1.54, 1.807) is 18.4 Å². The molecule has 0 bridgehead atoms. The van der Waals surface area contributed by atoms with E-state index in [0.29, 0.717) is 17.6 Å². The van der Waals surface area contributed by atoms with Gasteiger partial charge in [-0.25, -0.2) is 0 Å². The highest BCUT2D eigenvalue weighted by Gasteiger charge is 2.41. The van der Waals surface area contributed by atoms with Crippen LogP contribution in [0.4, 0.5) is 5.82 Å². The number of fused-ring (bicyclic) bond motifs is 1. The van der Waals surface area contributed by atoms with Gasteiger partial charge in [-0.05, 0) is 62.3 Å². The first-order valence-corrected chi connectivity index (χ1v) is 8.98. The number of aryl methyl sites for hydroxylation is 1. The molecular weight excluding hydrogens is 316 g/mol. The van der Waals surface area contributed by atoms with Gasteiger partial charge in [0.05, 0.1) is 12.0 Å². The number of hydrogen-bond acceptors (Lipinski definition) is 5. The van der Waals surface area contributed by atoms with Gasteiger partial charge in [-0.1, -0.05) is 0 Å². The average molecular weight is 340 g/mol. The number of furan rings is 1. The average Bonchev–Trinajstić information content (AvgIpc) is 3.30. The third-order valence-corrected chi connectivity index (χ3v) is 5.75. The molecule has 132 valence electrons. The SMILES string of the molecule is Cc1ccc(N2CC[C@@H]3C[C@H](N(C)C(=O)c4ccco4)C[C@@H]3C2)nn1. The van der Waals surface area contributed by atoms with Gasteiger partial charge in [0.15, 0.2) is 11.6 Å². The lowest BCUT2D eigenvalue weighted by molar-refractivity contribution is 0.0698. The van der Waals surface area contributed by atoms with E-state index in [1.807, 2.05) is 24.9 Å². The molecule has 3 heterocycles. The van der Waals surface area contributed by atoms with Crippen molar-refractivity contribution < 1.29 is 9.21 Å². The minimum absolute atomic E-state index is 0.0186. The number of aromatic nitrogens is 2. The van der Waals surface area contributed by atoms with Crippen LogP contribution >= 0.6 is 0 Å². The molecule has 1 saturated heterocycles. The van der Waals surface area contributed by atoms with Gasteiger partial charge in [-0.15, -0.1) is 5.10 Å². The summed E-state index contributed by atoms with van der Waals surface area (Å²) < 4.78 is 5.26. The van der Waals surface area contributed by atoms with Crippen LogP contribution in [0.1, 0.15) is 35.5 Å². The van der Waals surface area contributed by atoms with E-state index < -0.39 is 0 Å². The Morgan fingerprint density at radius 2 is 2.08 bits per heavy atom. The lowest BCUT2D eigenvalue weighted by Gasteiger charge is -2.35. The van der Waals surface area contributed by atoms with E-state index in [9.17, 15) is 4.79 Å². The zero-order valence-corrected chi connectivity index (χ0v) is 14.8. The van der Waals surface area contributed by atoms with Gasteiger partial charge in [-0.3, -0.25) is 4.79 Å². The maximum atomic E-state index is 12.5. The molecule has 2 fully saturated rings. The highest BCUT2D eigenvalue weighted by molar-refractivity contribution is 5.91. The van der Waals surface area contributed by atoms with Crippen LogP contribution < -0.4 is 4.90 Å². The van der Waals surface area contributed by atoms with E-state index in [-0.39, 0.29) is 11.9 Å². The minimum Gasteiger partial charge on any atom is -0.459 e. The Morgan fingerprint density at radius 1 is 1.24 bits per heavy atom. The quantitative estimate of drug-likeness (QED) is 0.860. The number of hydrogen-bond donors (Lipinski definition) is 0. The van der Waals surface area contributed by atoms with Crippen LogP contribution in [0.2, 0.25) is 0 Å². The summed E-state index contributed by atoms with van der Waals surface area (Å²) >= 11 is 0. The van der Waals surface area contributed by atoms with Gasteiger partial charge in [0.25, 0.3) is 5.91 Å². The predicted molar refractivity (Wildman–Crippen MR) is 94.4 cm³/mol. The molecule has 2 aromatic heterocycles. The number of rotatable bonds is 3. The minimum atomic E-state index is -0.0186. The van der Waals surface area contributed by atoms with Gasteiger partial charge in [-0.2, -0.15) is 5.10 Å². The smallest absolute Gasteiger partial charge is 0.289 e. The molecule has 2 aromatic rings. The Hall–Kier alpha value is -2.37. The number of anilines is 1. The first-order chi connectivity index (χ1) is 12.1. The fraction of sp³-hybridized carbons (Fsp3) is 0.526. The van der Waals surface area contributed by atoms with E-state index in [4.69, 9.17) is 4.42 Å². The van der Waals surface area contributed by atoms with Gasteiger partial charge >= 0.3 is 0 Å². The number of carbonyl (C=O) groups is 1. The first kappa shape index (κ1) is 16.1. The maximum absolute atomic E-state index is 12.5. The summed E-state index contributed by atoms with van der Waals surface area (Å²) in [6, 6.07) is 7.86. The van der Waals surface area contributed by atoms with Crippen LogP contribution in [-0.4, -0.2) is 47.2 Å². The Bertz CT molecular complexity index is 728. The van der Waals surface area contributed by atoms with Crippen molar-refractivity contribution in [3.8, 4) is 0 Å². The molecule has 1 amide bonds. The van der Waals surface area contributed by atoms with Crippen LogP contribution in [0.3, 0.4) is 0 Å². The summed E-state index contributed by atoms with van der Waals surface area (Å²) in [5.74, 6) is 2.66. The van der Waals surface area contributed by atoms with Crippen molar-refractivity contribution in [2.24, 2.45) is 11.8 Å². The van der Waals surface area contributed by atoms with Crippen molar-refractivity contribution >= 4 is 11.7 Å². The van der Waals surface area contributed by atoms with Crippen molar-refractivity contribution in [3.63, 3.8) is 0 Å². The van der Waals surface area contributed by atoms with E-state index in [0.717, 1.165) is 43.9 Å². The molecule has 0 N–H and O–H groups in total. The summed E-state index contributed by atoms with van der Waals surface area (Å²) in [4.78, 5) is 16.7. The molecule has 0 unspecified atom stereocenters. The van der Waals surface area contributed by atoms with Crippen molar-refractivity contribution in [3.05, 3.63) is 42.0 Å². The molecule has 0 aromatic carbocycles. The topological polar surface area (TPSA) is 62.5 Å². The van der Waals surface area contributed by atoms with Crippen molar-refractivity contribution in [1.82, 2.24) is 15.1 Å². The van der Waals surface area contributed by atoms with Crippen molar-refractivity contribution in [2.45, 2.75) is 32.2 Å². The van der Waals surface area contributed by atoms with Gasteiger partial charge in [0, 0.05) is 26.2 Å². The second-order valence-electron chi connectivity index (χ2n) is 7.31. The summed E-state index contributed by atoms with van der Waals surface area (Å²) in [5, 5.41) is 8.51. The van der Waals surface area contributed by atoms with Gasteiger partial charge in [0.1, 0.15) is 0 Å². The highest BCUT2D eigenvalue weighted by Crippen LogP contribution is 2.40. The number of carbonyl (C=O) groups excluding carboxylic acids is 1. The summed E-state index contributed by atoms with van der Waals surface area (Å²) in [7, 11) is 1.90. The van der Waals surface area contributed by atoms with Crippen LogP contribution in [0.15, 0.2) is 34.9 Å². The molecule has 1 aliphatic carbocycles. The molecule has 0 radical (unpaired) electrons. The molecule has 1 aliphatic heterocycles. The normalized spacial score (nSPS) is 25.7. The first-order valence-electron chi connectivity index (χ1n) is 8.98. The Balaban J connectivity index is 1.41. The van der Waals surface area contributed by atoms with Crippen molar-refractivity contribution in [1.29, 1.82) is 0 Å². The predicted octanol–water partition coefficient (Wildman–Crippen LogP) is 2.76. The number of piperidine rings is 1. The molecule has 1 saturated carbocycles. The molecule has 3 atom stereocenters. The third-order valence-electron chi connectivity index (χ3n) is 5.75. The summed E-state index contributed by atoms with van der Waals surface area (Å²) in [6.07, 6.45) is 4.83. The number of nitrogens with zero attached hydrogens (tertiary/aromatic N) is 4. The van der Waals surface area contributed by atoms with Crippen molar-refractivity contribution in [2.75, 3.05) is 25.0 Å². The lowest BCUT2D eigenvalue weighted by Crippen LogP contribution is -2.39. The summed E-state index contributed by atoms with van der Waals surface area (Å²) in [6.45, 7) is 3.97. The largest absolute Gasteiger partial charge is 0.459 e. The Labute approximate surface area is 147 Å². The molecular formula is C19H24N4O2. The lowest BCUT2D eigenvalue weighted by atomic mass is 9.89. The molecule has 6 heteroatoms. The summed E-state index contributed by atoms with van der Waals surface area (Å²) in [5.41, 5.74) is 0.942. The fourth-order valence-corrected chi connectivity index (χ4v) is 4.28. The van der Waals surface area contributed by atoms with Crippen LogP contribution in [0.5, 0.6) is 0 Å². The monoisotopic (exact) mass is 340 g/mol. The van der Waals surface area contributed by atoms with Crippen LogP contribution in [0, 0.1) is 18.8 Å². The van der Waals surface area contributed by atoms with Crippen LogP contribution in [-0.2, 0) is 0 Å².